The molecule has 4 nitrogen and oxygen atoms in total. The molecule has 1 aromatic rings. The van der Waals surface area contributed by atoms with Gasteiger partial charge < -0.3 is 10.1 Å². The molecule has 0 radical (unpaired) electrons. The van der Waals surface area contributed by atoms with Crippen molar-refractivity contribution in [3.05, 3.63) is 35.4 Å². The SMILES string of the molecule is CCCCC1CN(Cc2ccccc2C(=O)OC)CCN1. The topological polar surface area (TPSA) is 41.6 Å². The predicted octanol–water partition coefficient (Wildman–Crippen LogP) is 2.44. The highest BCUT2D eigenvalue weighted by molar-refractivity contribution is 5.90. The van der Waals surface area contributed by atoms with Crippen LogP contribution in [0.25, 0.3) is 0 Å². The maximum absolute atomic E-state index is 11.8. The minimum atomic E-state index is -0.247. The summed E-state index contributed by atoms with van der Waals surface area (Å²) in [6.07, 6.45) is 3.74. The molecular weight excluding hydrogens is 264 g/mol. The zero-order valence-electron chi connectivity index (χ0n) is 13.1. The van der Waals surface area contributed by atoms with Crippen molar-refractivity contribution in [3.63, 3.8) is 0 Å². The zero-order chi connectivity index (χ0) is 15.1. The highest BCUT2D eigenvalue weighted by Crippen LogP contribution is 2.15. The number of methoxy groups -OCH3 is 1. The number of carbonyl (C=O) groups excluding carboxylic acids is 1. The van der Waals surface area contributed by atoms with E-state index in [-0.39, 0.29) is 5.97 Å². The van der Waals surface area contributed by atoms with Gasteiger partial charge in [-0.3, -0.25) is 4.90 Å². The first kappa shape index (κ1) is 16.0. The Bertz CT molecular complexity index is 462. The lowest BCUT2D eigenvalue weighted by atomic mass is 10.0. The van der Waals surface area contributed by atoms with E-state index >= 15 is 0 Å². The molecule has 0 saturated carbocycles. The van der Waals surface area contributed by atoms with E-state index in [1.807, 2.05) is 24.3 Å². The second-order valence-corrected chi connectivity index (χ2v) is 5.68. The van der Waals surface area contributed by atoms with Crippen molar-refractivity contribution in [2.24, 2.45) is 0 Å². The van der Waals surface area contributed by atoms with Gasteiger partial charge in [-0.2, -0.15) is 0 Å². The molecule has 2 rings (SSSR count). The monoisotopic (exact) mass is 290 g/mol. The van der Waals surface area contributed by atoms with Gasteiger partial charge in [-0.15, -0.1) is 0 Å². The number of unbranched alkanes of at least 4 members (excludes halogenated alkanes) is 1. The lowest BCUT2D eigenvalue weighted by Crippen LogP contribution is -2.50. The number of rotatable bonds is 6. The Balaban J connectivity index is 1.99. The molecule has 0 spiro atoms. The van der Waals surface area contributed by atoms with Crippen LogP contribution >= 0.6 is 0 Å². The summed E-state index contributed by atoms with van der Waals surface area (Å²) < 4.78 is 4.87. The molecule has 1 unspecified atom stereocenters. The van der Waals surface area contributed by atoms with E-state index in [9.17, 15) is 4.79 Å². The molecular formula is C17H26N2O2. The van der Waals surface area contributed by atoms with Gasteiger partial charge in [0.2, 0.25) is 0 Å². The second kappa shape index (κ2) is 8.15. The smallest absolute Gasteiger partial charge is 0.338 e. The van der Waals surface area contributed by atoms with Crippen LogP contribution in [-0.2, 0) is 11.3 Å². The van der Waals surface area contributed by atoms with Crippen LogP contribution in [0, 0.1) is 0 Å². The first-order chi connectivity index (χ1) is 10.2. The molecule has 0 aliphatic carbocycles. The normalized spacial score (nSPS) is 19.4. The average molecular weight is 290 g/mol. The molecule has 0 aromatic heterocycles. The minimum absolute atomic E-state index is 0.247. The van der Waals surface area contributed by atoms with E-state index in [4.69, 9.17) is 4.74 Å². The van der Waals surface area contributed by atoms with Crippen molar-refractivity contribution in [1.29, 1.82) is 0 Å². The summed E-state index contributed by atoms with van der Waals surface area (Å²) in [4.78, 5) is 14.3. The van der Waals surface area contributed by atoms with Gasteiger partial charge in [0.25, 0.3) is 0 Å². The fraction of sp³-hybridized carbons (Fsp3) is 0.588. The van der Waals surface area contributed by atoms with Gasteiger partial charge in [0.15, 0.2) is 0 Å². The first-order valence-electron chi connectivity index (χ1n) is 7.86. The number of piperazine rings is 1. The molecule has 1 aromatic carbocycles. The summed E-state index contributed by atoms with van der Waals surface area (Å²) >= 11 is 0. The molecule has 1 saturated heterocycles. The lowest BCUT2D eigenvalue weighted by Gasteiger charge is -2.34. The molecule has 21 heavy (non-hydrogen) atoms. The van der Waals surface area contributed by atoms with E-state index in [1.54, 1.807) is 0 Å². The lowest BCUT2D eigenvalue weighted by molar-refractivity contribution is 0.0597. The molecule has 0 amide bonds. The highest BCUT2D eigenvalue weighted by atomic mass is 16.5. The summed E-state index contributed by atoms with van der Waals surface area (Å²) in [6, 6.07) is 8.31. The number of esters is 1. The van der Waals surface area contributed by atoms with Crippen LogP contribution in [0.2, 0.25) is 0 Å². The van der Waals surface area contributed by atoms with Crippen LogP contribution in [0.15, 0.2) is 24.3 Å². The molecule has 1 N–H and O–H groups in total. The zero-order valence-corrected chi connectivity index (χ0v) is 13.1. The fourth-order valence-electron chi connectivity index (χ4n) is 2.89. The van der Waals surface area contributed by atoms with Gasteiger partial charge in [-0.1, -0.05) is 38.0 Å². The van der Waals surface area contributed by atoms with E-state index < -0.39 is 0 Å². The third-order valence-corrected chi connectivity index (χ3v) is 4.06. The van der Waals surface area contributed by atoms with Crippen molar-refractivity contribution in [2.75, 3.05) is 26.7 Å². The molecule has 0 bridgehead atoms. The van der Waals surface area contributed by atoms with Crippen molar-refractivity contribution < 1.29 is 9.53 Å². The van der Waals surface area contributed by atoms with Crippen LogP contribution in [0.5, 0.6) is 0 Å². The van der Waals surface area contributed by atoms with Gasteiger partial charge in [0.05, 0.1) is 12.7 Å². The quantitative estimate of drug-likeness (QED) is 0.817. The summed E-state index contributed by atoms with van der Waals surface area (Å²) in [7, 11) is 1.44. The molecule has 4 heteroatoms. The van der Waals surface area contributed by atoms with E-state index in [0.717, 1.165) is 31.7 Å². The molecule has 1 heterocycles. The number of ether oxygens (including phenoxy) is 1. The molecule has 1 aliphatic heterocycles. The van der Waals surface area contributed by atoms with E-state index in [0.29, 0.717) is 11.6 Å². The second-order valence-electron chi connectivity index (χ2n) is 5.68. The van der Waals surface area contributed by atoms with Crippen molar-refractivity contribution >= 4 is 5.97 Å². The maximum Gasteiger partial charge on any atom is 0.338 e. The van der Waals surface area contributed by atoms with Crippen molar-refractivity contribution in [3.8, 4) is 0 Å². The molecule has 1 fully saturated rings. The van der Waals surface area contributed by atoms with Crippen molar-refractivity contribution in [1.82, 2.24) is 10.2 Å². The van der Waals surface area contributed by atoms with Crippen LogP contribution < -0.4 is 5.32 Å². The van der Waals surface area contributed by atoms with Crippen LogP contribution in [0.4, 0.5) is 0 Å². The third kappa shape index (κ3) is 4.55. The summed E-state index contributed by atoms with van der Waals surface area (Å²) in [5, 5.41) is 3.58. The van der Waals surface area contributed by atoms with Crippen molar-refractivity contribution in [2.45, 2.75) is 38.8 Å². The maximum atomic E-state index is 11.8. The van der Waals surface area contributed by atoms with Crippen LogP contribution in [-0.4, -0.2) is 43.7 Å². The molecule has 116 valence electrons. The Morgan fingerprint density at radius 3 is 3.00 bits per heavy atom. The number of hydrogen-bond acceptors (Lipinski definition) is 4. The fourth-order valence-corrected chi connectivity index (χ4v) is 2.89. The minimum Gasteiger partial charge on any atom is -0.465 e. The van der Waals surface area contributed by atoms with Gasteiger partial charge >= 0.3 is 5.97 Å². The Morgan fingerprint density at radius 1 is 1.43 bits per heavy atom. The summed E-state index contributed by atoms with van der Waals surface area (Å²) in [5.74, 6) is -0.247. The van der Waals surface area contributed by atoms with Crippen LogP contribution in [0.3, 0.4) is 0 Å². The number of nitrogens with one attached hydrogen (secondary N) is 1. The number of benzene rings is 1. The Kier molecular flexibility index (Phi) is 6.21. The predicted molar refractivity (Wildman–Crippen MR) is 84.4 cm³/mol. The van der Waals surface area contributed by atoms with E-state index in [1.165, 1.54) is 26.4 Å². The van der Waals surface area contributed by atoms with E-state index in [2.05, 4.69) is 17.1 Å². The van der Waals surface area contributed by atoms with Crippen LogP contribution in [0.1, 0.15) is 42.1 Å². The number of nitrogens with zero attached hydrogens (tertiary/aromatic N) is 1. The Hall–Kier alpha value is -1.39. The number of carbonyl (C=O) groups is 1. The third-order valence-electron chi connectivity index (χ3n) is 4.06. The average Bonchev–Trinajstić information content (AvgIpc) is 2.53. The van der Waals surface area contributed by atoms with Gasteiger partial charge in [-0.25, -0.2) is 4.79 Å². The molecule has 1 atom stereocenters. The largest absolute Gasteiger partial charge is 0.465 e. The van der Waals surface area contributed by atoms with Gasteiger partial charge in [0, 0.05) is 32.2 Å². The standard InChI is InChI=1S/C17H26N2O2/c1-3-4-8-15-13-19(11-10-18-15)12-14-7-5-6-9-16(14)17(20)21-2/h5-7,9,15,18H,3-4,8,10-13H2,1-2H3. The molecule has 1 aliphatic rings. The number of hydrogen-bond donors (Lipinski definition) is 1. The van der Waals surface area contributed by atoms with Gasteiger partial charge in [0.1, 0.15) is 0 Å². The highest BCUT2D eigenvalue weighted by Gasteiger charge is 2.20. The first-order valence-corrected chi connectivity index (χ1v) is 7.86. The Labute approximate surface area is 127 Å². The summed E-state index contributed by atoms with van der Waals surface area (Å²) in [6.45, 7) is 6.14. The van der Waals surface area contributed by atoms with Gasteiger partial charge in [-0.05, 0) is 18.1 Å². The summed E-state index contributed by atoms with van der Waals surface area (Å²) in [5.41, 5.74) is 1.74. The Morgan fingerprint density at radius 2 is 2.24 bits per heavy atom.